The van der Waals surface area contributed by atoms with E-state index in [9.17, 15) is 4.79 Å². The van der Waals surface area contributed by atoms with Gasteiger partial charge in [0.05, 0.1) is 24.4 Å². The van der Waals surface area contributed by atoms with E-state index in [1.807, 2.05) is 61.5 Å². The van der Waals surface area contributed by atoms with Crippen molar-refractivity contribution in [3.05, 3.63) is 65.9 Å². The van der Waals surface area contributed by atoms with Crippen LogP contribution in [0.15, 0.2) is 54.6 Å². The normalized spacial score (nSPS) is 12.0. The molecule has 0 bridgehead atoms. The van der Waals surface area contributed by atoms with E-state index in [2.05, 4.69) is 29.4 Å². The number of carbonyl (C=O) groups excluding carboxylic acids is 1. The molecule has 5 nitrogen and oxygen atoms in total. The van der Waals surface area contributed by atoms with Crippen LogP contribution in [0.3, 0.4) is 0 Å². The van der Waals surface area contributed by atoms with E-state index in [-0.39, 0.29) is 11.8 Å². The van der Waals surface area contributed by atoms with Gasteiger partial charge in [0.1, 0.15) is 11.4 Å². The first-order valence-electron chi connectivity index (χ1n) is 10.1. The van der Waals surface area contributed by atoms with E-state index in [4.69, 9.17) is 4.74 Å². The highest BCUT2D eigenvalue weighted by molar-refractivity contribution is 5.99. The average molecular weight is 392 g/mol. The highest BCUT2D eigenvalue weighted by Crippen LogP contribution is 2.33. The Kier molecular flexibility index (Phi) is 6.70. The highest BCUT2D eigenvalue weighted by atomic mass is 16.5. The van der Waals surface area contributed by atoms with Crippen LogP contribution in [0.4, 0.5) is 5.69 Å². The van der Waals surface area contributed by atoms with Gasteiger partial charge in [-0.15, -0.1) is 0 Å². The van der Waals surface area contributed by atoms with Gasteiger partial charge in [-0.3, -0.25) is 9.89 Å². The number of ether oxygens (including phenoxy) is 1. The monoisotopic (exact) mass is 391 g/mol. The molecule has 3 rings (SSSR count). The fraction of sp³-hybridized carbons (Fsp3) is 0.333. The summed E-state index contributed by atoms with van der Waals surface area (Å²) in [6, 6.07) is 17.6. The summed E-state index contributed by atoms with van der Waals surface area (Å²) in [5.74, 6) is 0.953. The lowest BCUT2D eigenvalue weighted by molar-refractivity contribution is -0.117. The molecular weight excluding hydrogens is 362 g/mol. The number of methoxy groups -OCH3 is 1. The SMILES string of the molecule is CCC(C(=O)Nc1c(-c2cccc(OC)c2)n[nH]c1CC(C)C)c1ccccc1. The van der Waals surface area contributed by atoms with Gasteiger partial charge in [0.15, 0.2) is 0 Å². The molecule has 0 aliphatic rings. The van der Waals surface area contributed by atoms with Crippen molar-refractivity contribution in [1.29, 1.82) is 0 Å². The Balaban J connectivity index is 1.97. The third-order valence-electron chi connectivity index (χ3n) is 4.97. The molecule has 1 heterocycles. The molecule has 152 valence electrons. The molecule has 0 fully saturated rings. The molecule has 0 saturated carbocycles. The zero-order valence-electron chi connectivity index (χ0n) is 17.5. The molecule has 0 saturated heterocycles. The van der Waals surface area contributed by atoms with Crippen molar-refractivity contribution in [3.8, 4) is 17.0 Å². The number of hydrogen-bond donors (Lipinski definition) is 2. The summed E-state index contributed by atoms with van der Waals surface area (Å²) >= 11 is 0. The van der Waals surface area contributed by atoms with Crippen LogP contribution >= 0.6 is 0 Å². The van der Waals surface area contributed by atoms with Crippen molar-refractivity contribution in [3.63, 3.8) is 0 Å². The zero-order valence-corrected chi connectivity index (χ0v) is 17.5. The first-order valence-corrected chi connectivity index (χ1v) is 10.1. The summed E-state index contributed by atoms with van der Waals surface area (Å²) in [5, 5.41) is 10.8. The Hall–Kier alpha value is -3.08. The number of anilines is 1. The number of aromatic nitrogens is 2. The van der Waals surface area contributed by atoms with Crippen molar-refractivity contribution in [2.45, 2.75) is 39.5 Å². The van der Waals surface area contributed by atoms with Crippen LogP contribution in [0.5, 0.6) is 5.75 Å². The number of hydrogen-bond acceptors (Lipinski definition) is 3. The topological polar surface area (TPSA) is 67.0 Å². The van der Waals surface area contributed by atoms with Gasteiger partial charge in [-0.1, -0.05) is 63.2 Å². The van der Waals surface area contributed by atoms with Gasteiger partial charge in [0.25, 0.3) is 0 Å². The van der Waals surface area contributed by atoms with Gasteiger partial charge < -0.3 is 10.1 Å². The standard InChI is InChI=1S/C24H29N3O2/c1-5-20(17-10-7-6-8-11-17)24(28)25-23-21(14-16(2)3)26-27-22(23)18-12-9-13-19(15-18)29-4/h6-13,15-16,20H,5,14H2,1-4H3,(H,25,28)(H,26,27). The van der Waals surface area contributed by atoms with Crippen LogP contribution < -0.4 is 10.1 Å². The van der Waals surface area contributed by atoms with E-state index < -0.39 is 0 Å². The van der Waals surface area contributed by atoms with Crippen LogP contribution in [0.25, 0.3) is 11.3 Å². The summed E-state index contributed by atoms with van der Waals surface area (Å²) in [5.41, 5.74) is 4.35. The van der Waals surface area contributed by atoms with Crippen molar-refractivity contribution in [2.75, 3.05) is 12.4 Å². The molecule has 2 aromatic carbocycles. The number of rotatable bonds is 8. The van der Waals surface area contributed by atoms with Gasteiger partial charge in [0.2, 0.25) is 5.91 Å². The second-order valence-electron chi connectivity index (χ2n) is 7.62. The largest absolute Gasteiger partial charge is 0.497 e. The molecule has 2 N–H and O–H groups in total. The Bertz CT molecular complexity index is 948. The second-order valence-corrected chi connectivity index (χ2v) is 7.62. The molecule has 1 atom stereocenters. The molecule has 0 radical (unpaired) electrons. The maximum absolute atomic E-state index is 13.2. The van der Waals surface area contributed by atoms with Crippen molar-refractivity contribution >= 4 is 11.6 Å². The predicted molar refractivity (Wildman–Crippen MR) is 117 cm³/mol. The molecular formula is C24H29N3O2. The zero-order chi connectivity index (χ0) is 20.8. The maximum atomic E-state index is 13.2. The van der Waals surface area contributed by atoms with Gasteiger partial charge in [0, 0.05) is 5.56 Å². The average Bonchev–Trinajstić information content (AvgIpc) is 3.11. The fourth-order valence-electron chi connectivity index (χ4n) is 3.52. The number of benzene rings is 2. The number of amides is 1. The van der Waals surface area contributed by atoms with Crippen LogP contribution in [-0.4, -0.2) is 23.2 Å². The van der Waals surface area contributed by atoms with E-state index in [1.165, 1.54) is 0 Å². The third kappa shape index (κ3) is 4.86. The van der Waals surface area contributed by atoms with Crippen molar-refractivity contribution in [1.82, 2.24) is 10.2 Å². The summed E-state index contributed by atoms with van der Waals surface area (Å²) in [7, 11) is 1.64. The summed E-state index contributed by atoms with van der Waals surface area (Å²) in [6.07, 6.45) is 1.52. The Morgan fingerprint density at radius 2 is 1.90 bits per heavy atom. The van der Waals surface area contributed by atoms with Crippen LogP contribution in [0, 0.1) is 5.92 Å². The lowest BCUT2D eigenvalue weighted by Gasteiger charge is -2.17. The molecule has 0 aliphatic heterocycles. The summed E-state index contributed by atoms with van der Waals surface area (Å²) in [4.78, 5) is 13.2. The Morgan fingerprint density at radius 1 is 1.14 bits per heavy atom. The number of carbonyl (C=O) groups is 1. The van der Waals surface area contributed by atoms with E-state index in [1.54, 1.807) is 7.11 Å². The van der Waals surface area contributed by atoms with E-state index in [0.717, 1.165) is 46.8 Å². The third-order valence-corrected chi connectivity index (χ3v) is 4.97. The number of H-pyrrole nitrogens is 1. The number of nitrogens with one attached hydrogen (secondary N) is 2. The van der Waals surface area contributed by atoms with Gasteiger partial charge in [-0.05, 0) is 36.5 Å². The quantitative estimate of drug-likeness (QED) is 0.539. The maximum Gasteiger partial charge on any atom is 0.232 e. The first kappa shape index (κ1) is 20.6. The highest BCUT2D eigenvalue weighted by Gasteiger charge is 2.23. The summed E-state index contributed by atoms with van der Waals surface area (Å²) < 4.78 is 5.36. The summed E-state index contributed by atoms with van der Waals surface area (Å²) in [6.45, 7) is 6.33. The van der Waals surface area contributed by atoms with Gasteiger partial charge >= 0.3 is 0 Å². The fourth-order valence-corrected chi connectivity index (χ4v) is 3.52. The van der Waals surface area contributed by atoms with Crippen LogP contribution in [-0.2, 0) is 11.2 Å². The molecule has 1 aromatic heterocycles. The minimum absolute atomic E-state index is 0.0192. The van der Waals surface area contributed by atoms with E-state index in [0.29, 0.717) is 5.92 Å². The number of aromatic amines is 1. The van der Waals surface area contributed by atoms with Crippen molar-refractivity contribution < 1.29 is 9.53 Å². The van der Waals surface area contributed by atoms with Crippen LogP contribution in [0.1, 0.15) is 44.4 Å². The minimum Gasteiger partial charge on any atom is -0.497 e. The van der Waals surface area contributed by atoms with Crippen molar-refractivity contribution in [2.24, 2.45) is 5.92 Å². The van der Waals surface area contributed by atoms with Crippen LogP contribution in [0.2, 0.25) is 0 Å². The van der Waals surface area contributed by atoms with Gasteiger partial charge in [-0.2, -0.15) is 5.10 Å². The minimum atomic E-state index is -0.212. The lowest BCUT2D eigenvalue weighted by Crippen LogP contribution is -2.21. The smallest absolute Gasteiger partial charge is 0.232 e. The predicted octanol–water partition coefficient (Wildman–Crippen LogP) is 5.42. The number of nitrogens with zero attached hydrogens (tertiary/aromatic N) is 1. The van der Waals surface area contributed by atoms with E-state index >= 15 is 0 Å². The molecule has 0 aliphatic carbocycles. The second kappa shape index (κ2) is 9.41. The molecule has 0 spiro atoms. The Labute approximate surface area is 172 Å². The molecule has 1 unspecified atom stereocenters. The molecule has 1 amide bonds. The first-order chi connectivity index (χ1) is 14.0. The van der Waals surface area contributed by atoms with Gasteiger partial charge in [-0.25, -0.2) is 0 Å². The molecule has 3 aromatic rings. The lowest BCUT2D eigenvalue weighted by atomic mass is 9.95. The molecule has 5 heteroatoms. The molecule has 29 heavy (non-hydrogen) atoms. The Morgan fingerprint density at radius 3 is 2.55 bits per heavy atom.